The maximum absolute atomic E-state index is 10.8. The van der Waals surface area contributed by atoms with Gasteiger partial charge in [0.2, 0.25) is 0 Å². The van der Waals surface area contributed by atoms with Crippen LogP contribution >= 0.6 is 0 Å². The lowest BCUT2D eigenvalue weighted by atomic mass is 10.3. The molecule has 16 heavy (non-hydrogen) atoms. The van der Waals surface area contributed by atoms with Crippen LogP contribution in [0, 0.1) is 0 Å². The van der Waals surface area contributed by atoms with Gasteiger partial charge in [0.15, 0.2) is 0 Å². The number of nitrogens with zero attached hydrogens (tertiary/aromatic N) is 2. The van der Waals surface area contributed by atoms with Crippen LogP contribution in [0.1, 0.15) is 35.9 Å². The summed E-state index contributed by atoms with van der Waals surface area (Å²) in [6.45, 7) is 3.87. The van der Waals surface area contributed by atoms with Crippen molar-refractivity contribution in [3.05, 3.63) is 29.6 Å². The zero-order valence-electron chi connectivity index (χ0n) is 9.39. The SMILES string of the molecule is CCN(Cc1cccc(C(=O)O)n1)C1CC1. The second-order valence-electron chi connectivity index (χ2n) is 4.11. The number of aromatic nitrogens is 1. The maximum atomic E-state index is 10.8. The summed E-state index contributed by atoms with van der Waals surface area (Å²) in [5, 5.41) is 8.85. The average molecular weight is 220 g/mol. The monoisotopic (exact) mass is 220 g/mol. The summed E-state index contributed by atoms with van der Waals surface area (Å²) in [4.78, 5) is 17.2. The Labute approximate surface area is 94.9 Å². The molecule has 0 unspecified atom stereocenters. The van der Waals surface area contributed by atoms with Crippen molar-refractivity contribution in [2.45, 2.75) is 32.4 Å². The quantitative estimate of drug-likeness (QED) is 0.821. The Hall–Kier alpha value is -1.42. The predicted octanol–water partition coefficient (Wildman–Crippen LogP) is 1.76. The Morgan fingerprint density at radius 2 is 2.31 bits per heavy atom. The van der Waals surface area contributed by atoms with Gasteiger partial charge in [-0.1, -0.05) is 13.0 Å². The first kappa shape index (κ1) is 11.1. The number of rotatable bonds is 5. The Kier molecular flexibility index (Phi) is 3.19. The van der Waals surface area contributed by atoms with Crippen molar-refractivity contribution >= 4 is 5.97 Å². The number of carboxylic acid groups (broad SMARTS) is 1. The number of hydrogen-bond acceptors (Lipinski definition) is 3. The van der Waals surface area contributed by atoms with Gasteiger partial charge in [-0.2, -0.15) is 0 Å². The molecule has 0 aromatic carbocycles. The fourth-order valence-electron chi connectivity index (χ4n) is 1.83. The lowest BCUT2D eigenvalue weighted by Gasteiger charge is -2.19. The first-order valence-electron chi connectivity index (χ1n) is 5.64. The van der Waals surface area contributed by atoms with Crippen molar-refractivity contribution in [3.8, 4) is 0 Å². The van der Waals surface area contributed by atoms with Gasteiger partial charge in [-0.3, -0.25) is 4.90 Å². The first-order valence-corrected chi connectivity index (χ1v) is 5.64. The predicted molar refractivity (Wildman–Crippen MR) is 60.3 cm³/mol. The number of carbonyl (C=O) groups is 1. The van der Waals surface area contributed by atoms with Crippen molar-refractivity contribution in [1.29, 1.82) is 0 Å². The minimum atomic E-state index is -0.962. The van der Waals surface area contributed by atoms with Crippen LogP contribution in [0.15, 0.2) is 18.2 Å². The maximum Gasteiger partial charge on any atom is 0.354 e. The second kappa shape index (κ2) is 4.61. The molecule has 4 nitrogen and oxygen atoms in total. The standard InChI is InChI=1S/C12H16N2O2/c1-2-14(10-6-7-10)8-9-4-3-5-11(13-9)12(15)16/h3-5,10H,2,6-8H2,1H3,(H,15,16). The van der Waals surface area contributed by atoms with Gasteiger partial charge in [-0.15, -0.1) is 0 Å². The van der Waals surface area contributed by atoms with Crippen molar-refractivity contribution in [2.24, 2.45) is 0 Å². The van der Waals surface area contributed by atoms with Crippen molar-refractivity contribution in [3.63, 3.8) is 0 Å². The van der Waals surface area contributed by atoms with E-state index in [1.165, 1.54) is 18.9 Å². The normalized spacial score (nSPS) is 15.4. The molecule has 1 aliphatic carbocycles. The third-order valence-electron chi connectivity index (χ3n) is 2.86. The lowest BCUT2D eigenvalue weighted by molar-refractivity contribution is 0.0690. The molecule has 0 saturated heterocycles. The Morgan fingerprint density at radius 3 is 2.88 bits per heavy atom. The zero-order chi connectivity index (χ0) is 11.5. The van der Waals surface area contributed by atoms with Crippen LogP contribution in [0.3, 0.4) is 0 Å². The molecule has 1 heterocycles. The molecule has 1 aliphatic rings. The number of hydrogen-bond donors (Lipinski definition) is 1. The molecule has 1 fully saturated rings. The average Bonchev–Trinajstić information content (AvgIpc) is 3.10. The van der Waals surface area contributed by atoms with E-state index in [2.05, 4.69) is 16.8 Å². The number of pyridine rings is 1. The highest BCUT2D eigenvalue weighted by Crippen LogP contribution is 2.27. The van der Waals surface area contributed by atoms with Gasteiger partial charge in [-0.05, 0) is 31.5 Å². The summed E-state index contributed by atoms with van der Waals surface area (Å²) in [5.41, 5.74) is 0.970. The molecular formula is C12H16N2O2. The smallest absolute Gasteiger partial charge is 0.354 e. The molecule has 4 heteroatoms. The Morgan fingerprint density at radius 1 is 1.56 bits per heavy atom. The largest absolute Gasteiger partial charge is 0.477 e. The van der Waals surface area contributed by atoms with Crippen LogP contribution < -0.4 is 0 Å². The fourth-order valence-corrected chi connectivity index (χ4v) is 1.83. The molecule has 0 bridgehead atoms. The molecule has 1 N–H and O–H groups in total. The van der Waals surface area contributed by atoms with Crippen LogP contribution in [0.4, 0.5) is 0 Å². The van der Waals surface area contributed by atoms with E-state index in [9.17, 15) is 4.79 Å². The lowest BCUT2D eigenvalue weighted by Crippen LogP contribution is -2.25. The summed E-state index contributed by atoms with van der Waals surface area (Å²) in [6, 6.07) is 5.85. The van der Waals surface area contributed by atoms with Crippen molar-refractivity contribution in [1.82, 2.24) is 9.88 Å². The summed E-state index contributed by atoms with van der Waals surface area (Å²) >= 11 is 0. The topological polar surface area (TPSA) is 53.4 Å². The van der Waals surface area contributed by atoms with Gasteiger partial charge in [0.1, 0.15) is 5.69 Å². The molecule has 0 radical (unpaired) electrons. The summed E-state index contributed by atoms with van der Waals surface area (Å²) in [5.74, 6) is -0.962. The minimum absolute atomic E-state index is 0.129. The van der Waals surface area contributed by atoms with Crippen LogP contribution in [0.5, 0.6) is 0 Å². The molecule has 0 atom stereocenters. The highest BCUT2D eigenvalue weighted by Gasteiger charge is 2.27. The molecule has 0 spiro atoms. The van der Waals surface area contributed by atoms with Crippen LogP contribution in [0.2, 0.25) is 0 Å². The minimum Gasteiger partial charge on any atom is -0.477 e. The molecular weight excluding hydrogens is 204 g/mol. The summed E-state index contributed by atoms with van der Waals surface area (Å²) < 4.78 is 0. The molecule has 0 aliphatic heterocycles. The van der Waals surface area contributed by atoms with E-state index in [0.717, 1.165) is 18.8 Å². The van der Waals surface area contributed by atoms with Gasteiger partial charge in [0, 0.05) is 12.6 Å². The number of aromatic carboxylic acids is 1. The first-order chi connectivity index (χ1) is 7.70. The van der Waals surface area contributed by atoms with E-state index in [1.807, 2.05) is 6.07 Å². The molecule has 1 saturated carbocycles. The van der Waals surface area contributed by atoms with Gasteiger partial charge >= 0.3 is 5.97 Å². The van der Waals surface area contributed by atoms with Crippen LogP contribution in [-0.4, -0.2) is 33.5 Å². The van der Waals surface area contributed by atoms with E-state index in [-0.39, 0.29) is 5.69 Å². The Bertz CT molecular complexity index is 388. The van der Waals surface area contributed by atoms with Gasteiger partial charge in [0.05, 0.1) is 5.69 Å². The molecule has 2 rings (SSSR count). The van der Waals surface area contributed by atoms with E-state index >= 15 is 0 Å². The summed E-state index contributed by atoms with van der Waals surface area (Å²) in [6.07, 6.45) is 2.51. The Balaban J connectivity index is 2.07. The van der Waals surface area contributed by atoms with Gasteiger partial charge in [-0.25, -0.2) is 9.78 Å². The molecule has 1 aromatic rings. The number of carboxylic acids is 1. The van der Waals surface area contributed by atoms with Crippen molar-refractivity contribution < 1.29 is 9.90 Å². The molecule has 0 amide bonds. The van der Waals surface area contributed by atoms with Crippen LogP contribution in [0.25, 0.3) is 0 Å². The van der Waals surface area contributed by atoms with E-state index < -0.39 is 5.97 Å². The van der Waals surface area contributed by atoms with Crippen LogP contribution in [-0.2, 0) is 6.54 Å². The summed E-state index contributed by atoms with van der Waals surface area (Å²) in [7, 11) is 0. The van der Waals surface area contributed by atoms with Gasteiger partial charge in [0.25, 0.3) is 0 Å². The van der Waals surface area contributed by atoms with E-state index in [0.29, 0.717) is 6.04 Å². The highest BCUT2D eigenvalue weighted by molar-refractivity contribution is 5.85. The van der Waals surface area contributed by atoms with E-state index in [4.69, 9.17) is 5.11 Å². The zero-order valence-corrected chi connectivity index (χ0v) is 9.39. The third-order valence-corrected chi connectivity index (χ3v) is 2.86. The molecule has 86 valence electrons. The third kappa shape index (κ3) is 2.58. The second-order valence-corrected chi connectivity index (χ2v) is 4.11. The van der Waals surface area contributed by atoms with Crippen molar-refractivity contribution in [2.75, 3.05) is 6.54 Å². The van der Waals surface area contributed by atoms with E-state index in [1.54, 1.807) is 6.07 Å². The highest BCUT2D eigenvalue weighted by atomic mass is 16.4. The van der Waals surface area contributed by atoms with Gasteiger partial charge < -0.3 is 5.11 Å². The molecule has 1 aromatic heterocycles. The fraction of sp³-hybridized carbons (Fsp3) is 0.500.